The minimum atomic E-state index is 0.652. The van der Waals surface area contributed by atoms with Crippen LogP contribution in [0.15, 0.2) is 43.0 Å². The van der Waals surface area contributed by atoms with E-state index in [-0.39, 0.29) is 0 Å². The van der Waals surface area contributed by atoms with Crippen LogP contribution in [0.1, 0.15) is 5.56 Å². The fourth-order valence-corrected chi connectivity index (χ4v) is 2.14. The highest BCUT2D eigenvalue weighted by molar-refractivity contribution is 5.83. The average Bonchev–Trinajstić information content (AvgIpc) is 2.99. The number of hydrogen-bond donors (Lipinski definition) is 2. The fraction of sp³-hybridized carbons (Fsp3) is 0.143. The zero-order valence-electron chi connectivity index (χ0n) is 11.1. The second-order valence-corrected chi connectivity index (χ2v) is 4.43. The zero-order chi connectivity index (χ0) is 13.9. The first-order chi connectivity index (χ1) is 9.80. The first kappa shape index (κ1) is 12.4. The van der Waals surface area contributed by atoms with Crippen molar-refractivity contribution < 1.29 is 4.74 Å². The highest BCUT2D eigenvalue weighted by Gasteiger charge is 2.07. The van der Waals surface area contributed by atoms with Crippen molar-refractivity contribution in [2.75, 3.05) is 12.5 Å². The molecule has 3 rings (SSSR count). The number of hydrazine groups is 1. The maximum atomic E-state index is 5.57. The number of nitrogens with two attached hydrogens (primary N) is 1. The summed E-state index contributed by atoms with van der Waals surface area (Å²) in [5, 5.41) is 1.04. The lowest BCUT2D eigenvalue weighted by atomic mass is 10.1. The van der Waals surface area contributed by atoms with Gasteiger partial charge in [-0.3, -0.25) is 0 Å². The van der Waals surface area contributed by atoms with E-state index in [1.165, 1.54) is 0 Å². The summed E-state index contributed by atoms with van der Waals surface area (Å²) in [5.74, 6) is 7.00. The molecule has 0 unspecified atom stereocenters. The summed E-state index contributed by atoms with van der Waals surface area (Å²) in [6, 6.07) is 7.85. The van der Waals surface area contributed by atoms with Gasteiger partial charge in [-0.2, -0.15) is 0 Å². The number of methoxy groups -OCH3 is 1. The molecule has 0 fully saturated rings. The summed E-state index contributed by atoms with van der Waals surface area (Å²) in [7, 11) is 1.64. The van der Waals surface area contributed by atoms with Crippen molar-refractivity contribution in [1.29, 1.82) is 0 Å². The predicted molar refractivity (Wildman–Crippen MR) is 77.4 cm³/mol. The van der Waals surface area contributed by atoms with E-state index in [4.69, 9.17) is 10.6 Å². The number of ether oxygens (including phenoxy) is 1. The van der Waals surface area contributed by atoms with Gasteiger partial charge < -0.3 is 14.7 Å². The van der Waals surface area contributed by atoms with Crippen molar-refractivity contribution in [2.24, 2.45) is 5.84 Å². The molecule has 2 aromatic heterocycles. The Kier molecular flexibility index (Phi) is 3.22. The van der Waals surface area contributed by atoms with Crippen LogP contribution in [-0.2, 0) is 6.54 Å². The quantitative estimate of drug-likeness (QED) is 0.557. The molecular formula is C14H15N5O. The maximum Gasteiger partial charge on any atom is 0.145 e. The molecule has 3 aromatic rings. The van der Waals surface area contributed by atoms with Crippen molar-refractivity contribution in [3.8, 4) is 5.75 Å². The highest BCUT2D eigenvalue weighted by Crippen LogP contribution is 2.24. The van der Waals surface area contributed by atoms with Gasteiger partial charge >= 0.3 is 0 Å². The number of hydrogen-bond acceptors (Lipinski definition) is 5. The molecule has 0 spiro atoms. The number of aromatic nitrogens is 3. The SMILES string of the molecule is COc1ccc2cc(Cn3ccnc3)c(NN)nc2c1. The number of nitrogens with one attached hydrogen (secondary N) is 1. The number of benzene rings is 1. The van der Waals surface area contributed by atoms with Crippen LogP contribution in [0.2, 0.25) is 0 Å². The molecule has 1 aromatic carbocycles. The lowest BCUT2D eigenvalue weighted by molar-refractivity contribution is 0.415. The Bertz CT molecular complexity index is 724. The number of pyridine rings is 1. The molecule has 0 aliphatic carbocycles. The smallest absolute Gasteiger partial charge is 0.145 e. The van der Waals surface area contributed by atoms with Crippen LogP contribution < -0.4 is 16.0 Å². The molecule has 3 N–H and O–H groups in total. The summed E-state index contributed by atoms with van der Waals surface area (Å²) in [6.07, 6.45) is 5.41. The Morgan fingerprint density at radius 1 is 1.35 bits per heavy atom. The number of anilines is 1. The standard InChI is InChI=1S/C14H15N5O/c1-20-12-3-2-10-6-11(8-19-5-4-16-9-19)14(18-15)17-13(10)7-12/h2-7,9H,8,15H2,1H3,(H,17,18). The lowest BCUT2D eigenvalue weighted by Gasteiger charge is -2.11. The summed E-state index contributed by atoms with van der Waals surface area (Å²) in [5.41, 5.74) is 4.49. The van der Waals surface area contributed by atoms with E-state index in [2.05, 4.69) is 21.5 Å². The third-order valence-electron chi connectivity index (χ3n) is 3.15. The van der Waals surface area contributed by atoms with Gasteiger partial charge in [-0.15, -0.1) is 0 Å². The van der Waals surface area contributed by atoms with Crippen molar-refractivity contribution >= 4 is 16.7 Å². The molecule has 0 aliphatic heterocycles. The average molecular weight is 269 g/mol. The summed E-state index contributed by atoms with van der Waals surface area (Å²) in [4.78, 5) is 8.57. The van der Waals surface area contributed by atoms with Crippen LogP contribution in [0.5, 0.6) is 5.75 Å². The Balaban J connectivity index is 2.07. The summed E-state index contributed by atoms with van der Waals surface area (Å²) >= 11 is 0. The van der Waals surface area contributed by atoms with E-state index in [0.29, 0.717) is 12.4 Å². The van der Waals surface area contributed by atoms with Crippen LogP contribution >= 0.6 is 0 Å². The fourth-order valence-electron chi connectivity index (χ4n) is 2.14. The van der Waals surface area contributed by atoms with Gasteiger partial charge in [0.25, 0.3) is 0 Å². The topological polar surface area (TPSA) is 78.0 Å². The van der Waals surface area contributed by atoms with E-state index in [0.717, 1.165) is 22.2 Å². The van der Waals surface area contributed by atoms with Crippen molar-refractivity contribution in [1.82, 2.24) is 14.5 Å². The first-order valence-corrected chi connectivity index (χ1v) is 6.20. The van der Waals surface area contributed by atoms with Gasteiger partial charge in [-0.25, -0.2) is 15.8 Å². The minimum absolute atomic E-state index is 0.652. The Labute approximate surface area is 116 Å². The lowest BCUT2D eigenvalue weighted by Crippen LogP contribution is -2.12. The van der Waals surface area contributed by atoms with E-state index in [9.17, 15) is 0 Å². The molecule has 0 radical (unpaired) electrons. The number of rotatable bonds is 4. The number of nitrogens with zero attached hydrogens (tertiary/aromatic N) is 3. The van der Waals surface area contributed by atoms with Crippen molar-refractivity contribution in [3.05, 3.63) is 48.5 Å². The monoisotopic (exact) mass is 269 g/mol. The normalized spacial score (nSPS) is 10.7. The Hall–Kier alpha value is -2.60. The second kappa shape index (κ2) is 5.18. The van der Waals surface area contributed by atoms with Gasteiger partial charge in [0.15, 0.2) is 0 Å². The van der Waals surface area contributed by atoms with Crippen molar-refractivity contribution in [3.63, 3.8) is 0 Å². The van der Waals surface area contributed by atoms with Crippen LogP contribution in [0.3, 0.4) is 0 Å². The van der Waals surface area contributed by atoms with Gasteiger partial charge in [-0.05, 0) is 18.2 Å². The van der Waals surface area contributed by atoms with E-state index < -0.39 is 0 Å². The van der Waals surface area contributed by atoms with Crippen molar-refractivity contribution in [2.45, 2.75) is 6.54 Å². The predicted octanol–water partition coefficient (Wildman–Crippen LogP) is 1.77. The number of nitrogen functional groups attached to an aromatic ring is 1. The van der Waals surface area contributed by atoms with Gasteiger partial charge in [0.1, 0.15) is 11.6 Å². The summed E-state index contributed by atoms with van der Waals surface area (Å²) in [6.45, 7) is 0.661. The van der Waals surface area contributed by atoms with Gasteiger partial charge in [-0.1, -0.05) is 0 Å². The summed E-state index contributed by atoms with van der Waals surface area (Å²) < 4.78 is 7.17. The molecule has 20 heavy (non-hydrogen) atoms. The first-order valence-electron chi connectivity index (χ1n) is 6.20. The molecule has 2 heterocycles. The van der Waals surface area contributed by atoms with Crippen LogP contribution in [-0.4, -0.2) is 21.6 Å². The van der Waals surface area contributed by atoms with Crippen LogP contribution in [0, 0.1) is 0 Å². The van der Waals surface area contributed by atoms with E-state index >= 15 is 0 Å². The molecule has 0 saturated carbocycles. The van der Waals surface area contributed by atoms with Gasteiger partial charge in [0.05, 0.1) is 25.5 Å². The third kappa shape index (κ3) is 2.28. The van der Waals surface area contributed by atoms with Gasteiger partial charge in [0, 0.05) is 29.4 Å². The molecule has 0 bridgehead atoms. The second-order valence-electron chi connectivity index (χ2n) is 4.43. The largest absolute Gasteiger partial charge is 0.497 e. The number of imidazole rings is 1. The third-order valence-corrected chi connectivity index (χ3v) is 3.15. The van der Waals surface area contributed by atoms with Crippen LogP contribution in [0.25, 0.3) is 10.9 Å². The van der Waals surface area contributed by atoms with Crippen LogP contribution in [0.4, 0.5) is 5.82 Å². The molecular weight excluding hydrogens is 254 g/mol. The molecule has 0 amide bonds. The number of fused-ring (bicyclic) bond motifs is 1. The molecule has 6 nitrogen and oxygen atoms in total. The van der Waals surface area contributed by atoms with E-state index in [1.807, 2.05) is 29.0 Å². The van der Waals surface area contributed by atoms with Gasteiger partial charge in [0.2, 0.25) is 0 Å². The molecule has 0 atom stereocenters. The molecule has 102 valence electrons. The Morgan fingerprint density at radius 2 is 2.25 bits per heavy atom. The minimum Gasteiger partial charge on any atom is -0.497 e. The molecule has 0 saturated heterocycles. The molecule has 6 heteroatoms. The highest BCUT2D eigenvalue weighted by atomic mass is 16.5. The van der Waals surface area contributed by atoms with E-state index in [1.54, 1.807) is 19.6 Å². The maximum absolute atomic E-state index is 5.57. The molecule has 0 aliphatic rings. The Morgan fingerprint density at radius 3 is 2.95 bits per heavy atom. The zero-order valence-corrected chi connectivity index (χ0v) is 11.1.